The Hall–Kier alpha value is -0.470. The summed E-state index contributed by atoms with van der Waals surface area (Å²) in [5.41, 5.74) is 3.22. The van der Waals surface area contributed by atoms with E-state index in [1.165, 1.54) is 68.9 Å². The fraction of sp³-hybridized carbons (Fsp3) is 0.786. The Morgan fingerprint density at radius 1 is 0.875 bits per heavy atom. The number of benzene rings is 1. The lowest BCUT2D eigenvalue weighted by Crippen LogP contribution is -2.13. The van der Waals surface area contributed by atoms with Gasteiger partial charge in [-0.1, -0.05) is 124 Å². The highest BCUT2D eigenvalue weighted by molar-refractivity contribution is 7.39. The molecule has 2 N–H and O–H groups in total. The average molecular weight is 469 g/mol. The maximum absolute atomic E-state index is 8.93. The van der Waals surface area contributed by atoms with E-state index in [4.69, 9.17) is 14.3 Å². The molecule has 188 valence electrons. The van der Waals surface area contributed by atoms with Crippen LogP contribution < -0.4 is 0 Å². The smallest absolute Gasteiger partial charge is 0.327 e. The fourth-order valence-corrected chi connectivity index (χ4v) is 4.23. The van der Waals surface area contributed by atoms with E-state index in [9.17, 15) is 0 Å². The molecule has 0 amide bonds. The van der Waals surface area contributed by atoms with Gasteiger partial charge in [0.25, 0.3) is 0 Å². The number of unbranched alkanes of at least 4 members (excludes halogenated alkanes) is 7. The predicted octanol–water partition coefficient (Wildman–Crippen LogP) is 9.10. The van der Waals surface area contributed by atoms with Gasteiger partial charge in [-0.25, -0.2) is 0 Å². The van der Waals surface area contributed by atoms with E-state index in [-0.39, 0.29) is 11.5 Å². The monoisotopic (exact) mass is 468 g/mol. The van der Waals surface area contributed by atoms with E-state index in [0.717, 1.165) is 19.3 Å². The minimum atomic E-state index is -2.20. The molecule has 0 aromatic heterocycles. The van der Waals surface area contributed by atoms with Crippen LogP contribution in [0.4, 0.5) is 0 Å². The Morgan fingerprint density at radius 3 is 2.00 bits per heavy atom. The molecule has 0 aliphatic carbocycles. The largest absolute Gasteiger partial charge is 0.328 e. The van der Waals surface area contributed by atoms with Gasteiger partial charge in [-0.2, -0.15) is 0 Å². The molecule has 0 spiro atoms. The van der Waals surface area contributed by atoms with E-state index in [1.807, 2.05) is 0 Å². The van der Waals surface area contributed by atoms with Crippen LogP contribution in [0, 0.1) is 5.92 Å². The maximum atomic E-state index is 8.93. The van der Waals surface area contributed by atoms with Gasteiger partial charge >= 0.3 is 8.60 Å². The summed E-state index contributed by atoms with van der Waals surface area (Å²) in [5.74, 6) is 0.537. The van der Waals surface area contributed by atoms with Crippen LogP contribution >= 0.6 is 8.60 Å². The minimum absolute atomic E-state index is 0.0155. The third-order valence-corrected chi connectivity index (χ3v) is 6.21. The van der Waals surface area contributed by atoms with Crippen molar-refractivity contribution in [2.45, 2.75) is 137 Å². The molecule has 1 atom stereocenters. The first-order valence-electron chi connectivity index (χ1n) is 13.0. The van der Waals surface area contributed by atoms with Crippen molar-refractivity contribution in [2.24, 2.45) is 5.92 Å². The molecule has 1 unspecified atom stereocenters. The second kappa shape index (κ2) is 18.9. The summed E-state index contributed by atoms with van der Waals surface area (Å²) >= 11 is 0. The molecule has 0 aliphatic rings. The van der Waals surface area contributed by atoms with E-state index in [0.29, 0.717) is 5.92 Å². The molecule has 3 nitrogen and oxygen atoms in total. The van der Waals surface area contributed by atoms with Crippen LogP contribution in [0.5, 0.6) is 0 Å². The third-order valence-electron chi connectivity index (χ3n) is 5.72. The van der Waals surface area contributed by atoms with Crippen LogP contribution in [-0.4, -0.2) is 15.9 Å². The molecule has 0 radical (unpaired) electrons. The number of rotatable bonds is 15. The van der Waals surface area contributed by atoms with Crippen molar-refractivity contribution in [1.82, 2.24) is 0 Å². The van der Waals surface area contributed by atoms with Crippen LogP contribution in [0.2, 0.25) is 0 Å². The Kier molecular flexibility index (Phi) is 18.6. The third kappa shape index (κ3) is 18.0. The van der Waals surface area contributed by atoms with Crippen molar-refractivity contribution in [2.75, 3.05) is 0 Å². The molecule has 1 aromatic carbocycles. The second-order valence-corrected chi connectivity index (χ2v) is 11.3. The normalized spacial score (nSPS) is 12.7. The highest BCUT2D eigenvalue weighted by atomic mass is 31.2. The zero-order valence-corrected chi connectivity index (χ0v) is 23.1. The topological polar surface area (TPSA) is 49.7 Å². The van der Waals surface area contributed by atoms with Gasteiger partial charge in [0.05, 0.1) is 6.10 Å². The van der Waals surface area contributed by atoms with Gasteiger partial charge in [0.15, 0.2) is 0 Å². The van der Waals surface area contributed by atoms with E-state index in [1.54, 1.807) is 0 Å². The highest BCUT2D eigenvalue weighted by Crippen LogP contribution is 2.31. The molecule has 0 aliphatic heterocycles. The van der Waals surface area contributed by atoms with Gasteiger partial charge in [0.1, 0.15) is 0 Å². The molecular formula is C28H53O3P. The molecule has 1 aromatic rings. The molecule has 0 heterocycles. The molecule has 0 saturated heterocycles. The molecule has 0 saturated carbocycles. The minimum Gasteiger partial charge on any atom is -0.328 e. The molecule has 32 heavy (non-hydrogen) atoms. The fourth-order valence-electron chi connectivity index (χ4n) is 3.78. The number of aryl methyl sites for hydroxylation is 1. The van der Waals surface area contributed by atoms with Crippen molar-refractivity contribution < 1.29 is 14.3 Å². The van der Waals surface area contributed by atoms with Crippen molar-refractivity contribution in [3.63, 3.8) is 0 Å². The number of hydrogen-bond donors (Lipinski definition) is 2. The first kappa shape index (κ1) is 31.5. The SMILES string of the molecule is CCCCCCCCCC(CC(C)C)OP(O)O.CCCCc1cccc(C(C)(C)C)c1. The van der Waals surface area contributed by atoms with Crippen LogP contribution in [0.1, 0.15) is 130 Å². The molecule has 4 heteroatoms. The number of hydrogen-bond acceptors (Lipinski definition) is 3. The van der Waals surface area contributed by atoms with Crippen LogP contribution in [0.25, 0.3) is 0 Å². The molecule has 0 fully saturated rings. The second-order valence-electron chi connectivity index (χ2n) is 10.6. The maximum Gasteiger partial charge on any atom is 0.327 e. The van der Waals surface area contributed by atoms with Crippen molar-refractivity contribution in [3.05, 3.63) is 35.4 Å². The van der Waals surface area contributed by atoms with E-state index < -0.39 is 8.60 Å². The lowest BCUT2D eigenvalue weighted by Gasteiger charge is -2.19. The molecule has 1 rings (SSSR count). The van der Waals surface area contributed by atoms with Gasteiger partial charge < -0.3 is 14.3 Å². The summed E-state index contributed by atoms with van der Waals surface area (Å²) in [7, 11) is -2.20. The van der Waals surface area contributed by atoms with Gasteiger partial charge in [-0.15, -0.1) is 0 Å². The first-order chi connectivity index (χ1) is 15.1. The Labute approximate surface area is 201 Å². The summed E-state index contributed by atoms with van der Waals surface area (Å²) in [6.07, 6.45) is 14.7. The highest BCUT2D eigenvalue weighted by Gasteiger charge is 2.15. The standard InChI is InChI=1S/C14H31O3P.C14H22/c1-4-5-6-7-8-9-10-11-14(12-13(2)3)17-18(15)16;1-5-6-8-12-9-7-10-13(11-12)14(2,3)4/h13-16H,4-12H2,1-3H3;7,9-11H,5-6,8H2,1-4H3. The van der Waals surface area contributed by atoms with Crippen LogP contribution in [-0.2, 0) is 16.4 Å². The first-order valence-corrected chi connectivity index (χ1v) is 14.2. The Balaban J connectivity index is 0.000000618. The zero-order chi connectivity index (χ0) is 24.4. The molecular weight excluding hydrogens is 415 g/mol. The summed E-state index contributed by atoms with van der Waals surface area (Å²) in [6.45, 7) is 15.6. The lowest BCUT2D eigenvalue weighted by molar-refractivity contribution is 0.138. The summed E-state index contributed by atoms with van der Waals surface area (Å²) in [4.78, 5) is 17.9. The Bertz CT molecular complexity index is 542. The summed E-state index contributed by atoms with van der Waals surface area (Å²) in [6, 6.07) is 9.02. The van der Waals surface area contributed by atoms with Crippen molar-refractivity contribution in [3.8, 4) is 0 Å². The van der Waals surface area contributed by atoms with Crippen LogP contribution in [0.3, 0.4) is 0 Å². The average Bonchev–Trinajstić information content (AvgIpc) is 2.70. The van der Waals surface area contributed by atoms with E-state index in [2.05, 4.69) is 72.7 Å². The van der Waals surface area contributed by atoms with Gasteiger partial charge in [0, 0.05) is 0 Å². The zero-order valence-electron chi connectivity index (χ0n) is 22.2. The lowest BCUT2D eigenvalue weighted by atomic mass is 9.86. The Morgan fingerprint density at radius 2 is 1.47 bits per heavy atom. The molecule has 0 bridgehead atoms. The van der Waals surface area contributed by atoms with Crippen molar-refractivity contribution >= 4 is 8.60 Å². The summed E-state index contributed by atoms with van der Waals surface area (Å²) < 4.78 is 5.18. The van der Waals surface area contributed by atoms with Gasteiger partial charge in [-0.05, 0) is 48.1 Å². The van der Waals surface area contributed by atoms with Crippen molar-refractivity contribution in [1.29, 1.82) is 0 Å². The van der Waals surface area contributed by atoms with Crippen LogP contribution in [0.15, 0.2) is 24.3 Å². The summed E-state index contributed by atoms with van der Waals surface area (Å²) in [5, 5.41) is 0. The van der Waals surface area contributed by atoms with Gasteiger partial charge in [-0.3, -0.25) is 0 Å². The quantitative estimate of drug-likeness (QED) is 0.199. The van der Waals surface area contributed by atoms with E-state index >= 15 is 0 Å². The predicted molar refractivity (Wildman–Crippen MR) is 142 cm³/mol. The van der Waals surface area contributed by atoms with Gasteiger partial charge in [0.2, 0.25) is 0 Å².